The van der Waals surface area contributed by atoms with Crippen molar-refractivity contribution in [1.29, 1.82) is 0 Å². The summed E-state index contributed by atoms with van der Waals surface area (Å²) in [7, 11) is 2.03. The summed E-state index contributed by atoms with van der Waals surface area (Å²) < 4.78 is 0. The van der Waals surface area contributed by atoms with E-state index in [9.17, 15) is 0 Å². The van der Waals surface area contributed by atoms with Gasteiger partial charge in [0, 0.05) is 6.04 Å². The molecule has 0 aliphatic heterocycles. The van der Waals surface area contributed by atoms with E-state index in [1.165, 1.54) is 24.0 Å². The molecule has 0 bridgehead atoms. The van der Waals surface area contributed by atoms with Gasteiger partial charge in [-0.2, -0.15) is 0 Å². The van der Waals surface area contributed by atoms with Crippen LogP contribution in [0.25, 0.3) is 0 Å². The summed E-state index contributed by atoms with van der Waals surface area (Å²) in [5, 5.41) is 3.36. The fourth-order valence-electron chi connectivity index (χ4n) is 1.72. The maximum Gasteiger partial charge on any atom is 0.0320 e. The zero-order valence-corrected chi connectivity index (χ0v) is 8.80. The van der Waals surface area contributed by atoms with Crippen molar-refractivity contribution in [3.63, 3.8) is 0 Å². The Labute approximate surface area is 81.2 Å². The monoisotopic (exact) mass is 177 g/mol. The Morgan fingerprint density at radius 1 is 1.31 bits per heavy atom. The summed E-state index contributed by atoms with van der Waals surface area (Å²) in [5.74, 6) is 0. The second-order valence-electron chi connectivity index (χ2n) is 3.49. The lowest BCUT2D eigenvalue weighted by atomic mass is 9.98. The van der Waals surface area contributed by atoms with Gasteiger partial charge in [0.05, 0.1) is 0 Å². The van der Waals surface area contributed by atoms with Crippen LogP contribution in [-0.4, -0.2) is 7.05 Å². The van der Waals surface area contributed by atoms with Gasteiger partial charge in [-0.25, -0.2) is 0 Å². The van der Waals surface area contributed by atoms with Crippen LogP contribution in [0.3, 0.4) is 0 Å². The summed E-state index contributed by atoms with van der Waals surface area (Å²) in [4.78, 5) is 0. The van der Waals surface area contributed by atoms with Crippen LogP contribution in [0.2, 0.25) is 0 Å². The summed E-state index contributed by atoms with van der Waals surface area (Å²) >= 11 is 0. The first kappa shape index (κ1) is 10.3. The molecule has 1 N–H and O–H groups in total. The van der Waals surface area contributed by atoms with Crippen molar-refractivity contribution in [3.05, 3.63) is 35.4 Å². The molecule has 1 rings (SSSR count). The minimum Gasteiger partial charge on any atom is -0.313 e. The highest BCUT2D eigenvalue weighted by Gasteiger charge is 2.08. The van der Waals surface area contributed by atoms with Crippen LogP contribution >= 0.6 is 0 Å². The fraction of sp³-hybridized carbons (Fsp3) is 0.500. The van der Waals surface area contributed by atoms with E-state index >= 15 is 0 Å². The van der Waals surface area contributed by atoms with E-state index in [0.29, 0.717) is 6.04 Å². The average molecular weight is 177 g/mol. The largest absolute Gasteiger partial charge is 0.313 e. The number of rotatable bonds is 4. The first-order valence-electron chi connectivity index (χ1n) is 5.02. The van der Waals surface area contributed by atoms with Crippen LogP contribution in [0.5, 0.6) is 0 Å². The number of nitrogens with one attached hydrogen (secondary N) is 1. The topological polar surface area (TPSA) is 12.0 Å². The molecule has 0 aliphatic carbocycles. The number of aryl methyl sites for hydroxylation is 1. The van der Waals surface area contributed by atoms with Gasteiger partial charge in [-0.1, -0.05) is 37.6 Å². The zero-order valence-electron chi connectivity index (χ0n) is 8.80. The maximum atomic E-state index is 3.36. The van der Waals surface area contributed by atoms with Gasteiger partial charge in [-0.3, -0.25) is 0 Å². The number of hydrogen-bond acceptors (Lipinski definition) is 1. The smallest absolute Gasteiger partial charge is 0.0320 e. The molecule has 0 saturated carbocycles. The van der Waals surface area contributed by atoms with Crippen molar-refractivity contribution in [2.45, 2.75) is 32.7 Å². The molecule has 0 aromatic heterocycles. The van der Waals surface area contributed by atoms with Gasteiger partial charge < -0.3 is 5.32 Å². The molecule has 0 amide bonds. The van der Waals surface area contributed by atoms with Crippen LogP contribution in [0.15, 0.2) is 24.3 Å². The van der Waals surface area contributed by atoms with Gasteiger partial charge in [-0.15, -0.1) is 0 Å². The number of benzene rings is 1. The highest BCUT2D eigenvalue weighted by molar-refractivity contribution is 5.28. The SMILES string of the molecule is CCC[C@@H](NC)c1ccccc1C. The lowest BCUT2D eigenvalue weighted by Crippen LogP contribution is -2.16. The van der Waals surface area contributed by atoms with Crippen molar-refractivity contribution in [1.82, 2.24) is 5.32 Å². The van der Waals surface area contributed by atoms with E-state index in [1.54, 1.807) is 0 Å². The molecular weight excluding hydrogens is 158 g/mol. The summed E-state index contributed by atoms with van der Waals surface area (Å²) in [6, 6.07) is 9.12. The summed E-state index contributed by atoms with van der Waals surface area (Å²) in [6.07, 6.45) is 2.43. The van der Waals surface area contributed by atoms with Gasteiger partial charge in [0.2, 0.25) is 0 Å². The second kappa shape index (κ2) is 5.03. The zero-order chi connectivity index (χ0) is 9.68. The second-order valence-corrected chi connectivity index (χ2v) is 3.49. The molecule has 1 atom stereocenters. The summed E-state index contributed by atoms with van der Waals surface area (Å²) in [6.45, 7) is 4.40. The minimum absolute atomic E-state index is 0.520. The molecule has 13 heavy (non-hydrogen) atoms. The fourth-order valence-corrected chi connectivity index (χ4v) is 1.72. The molecule has 1 nitrogen and oxygen atoms in total. The Hall–Kier alpha value is -0.820. The van der Waals surface area contributed by atoms with Crippen LogP contribution in [-0.2, 0) is 0 Å². The lowest BCUT2D eigenvalue weighted by Gasteiger charge is -2.17. The van der Waals surface area contributed by atoms with Crippen molar-refractivity contribution < 1.29 is 0 Å². The quantitative estimate of drug-likeness (QED) is 0.745. The van der Waals surface area contributed by atoms with E-state index in [2.05, 4.69) is 43.4 Å². The Bertz CT molecular complexity index is 255. The maximum absolute atomic E-state index is 3.36. The Morgan fingerprint density at radius 3 is 2.54 bits per heavy atom. The highest BCUT2D eigenvalue weighted by atomic mass is 14.9. The molecule has 1 aromatic carbocycles. The lowest BCUT2D eigenvalue weighted by molar-refractivity contribution is 0.539. The Balaban J connectivity index is 2.84. The predicted molar refractivity (Wildman–Crippen MR) is 57.9 cm³/mol. The molecule has 0 heterocycles. The van der Waals surface area contributed by atoms with Crippen molar-refractivity contribution >= 4 is 0 Å². The van der Waals surface area contributed by atoms with Gasteiger partial charge in [0.1, 0.15) is 0 Å². The Kier molecular flexibility index (Phi) is 3.97. The molecule has 1 heteroatoms. The van der Waals surface area contributed by atoms with E-state index in [4.69, 9.17) is 0 Å². The summed E-state index contributed by atoms with van der Waals surface area (Å²) in [5.41, 5.74) is 2.82. The van der Waals surface area contributed by atoms with Crippen molar-refractivity contribution in [2.24, 2.45) is 0 Å². The first-order chi connectivity index (χ1) is 6.29. The van der Waals surface area contributed by atoms with Crippen molar-refractivity contribution in [2.75, 3.05) is 7.05 Å². The predicted octanol–water partition coefficient (Wildman–Crippen LogP) is 3.06. The van der Waals surface area contributed by atoms with Crippen LogP contribution in [0, 0.1) is 6.92 Å². The normalized spacial score (nSPS) is 12.8. The van der Waals surface area contributed by atoms with E-state index in [0.717, 1.165) is 0 Å². The standard InChI is InChI=1S/C12H19N/c1-4-7-12(13-3)11-9-6-5-8-10(11)2/h5-6,8-9,12-13H,4,7H2,1-3H3/t12-/m1/s1. The van der Waals surface area contributed by atoms with Gasteiger partial charge >= 0.3 is 0 Å². The molecule has 0 unspecified atom stereocenters. The van der Waals surface area contributed by atoms with Crippen LogP contribution < -0.4 is 5.32 Å². The third-order valence-corrected chi connectivity index (χ3v) is 2.49. The van der Waals surface area contributed by atoms with E-state index in [1.807, 2.05) is 7.05 Å². The number of hydrogen-bond donors (Lipinski definition) is 1. The van der Waals surface area contributed by atoms with E-state index < -0.39 is 0 Å². The molecule has 0 fully saturated rings. The molecule has 1 aromatic rings. The average Bonchev–Trinajstić information content (AvgIpc) is 2.16. The third-order valence-electron chi connectivity index (χ3n) is 2.49. The van der Waals surface area contributed by atoms with Crippen LogP contribution in [0.4, 0.5) is 0 Å². The molecule has 0 spiro atoms. The minimum atomic E-state index is 0.520. The van der Waals surface area contributed by atoms with Gasteiger partial charge in [0.15, 0.2) is 0 Å². The molecular formula is C12H19N. The third kappa shape index (κ3) is 2.56. The van der Waals surface area contributed by atoms with Gasteiger partial charge in [-0.05, 0) is 31.5 Å². The molecule has 72 valence electrons. The molecule has 0 radical (unpaired) electrons. The highest BCUT2D eigenvalue weighted by Crippen LogP contribution is 2.20. The van der Waals surface area contributed by atoms with Gasteiger partial charge in [0.25, 0.3) is 0 Å². The molecule has 0 saturated heterocycles. The Morgan fingerprint density at radius 2 is 2.00 bits per heavy atom. The van der Waals surface area contributed by atoms with Crippen LogP contribution in [0.1, 0.15) is 36.9 Å². The van der Waals surface area contributed by atoms with Crippen molar-refractivity contribution in [3.8, 4) is 0 Å². The van der Waals surface area contributed by atoms with E-state index in [-0.39, 0.29) is 0 Å². The molecule has 0 aliphatic rings. The first-order valence-corrected chi connectivity index (χ1v) is 5.02.